The minimum Gasteiger partial charge on any atom is -0.481 e. The molecule has 0 amide bonds. The molecule has 4 heteroatoms. The first kappa shape index (κ1) is 13.1. The summed E-state index contributed by atoms with van der Waals surface area (Å²) in [6.45, 7) is 5.90. The van der Waals surface area contributed by atoms with Gasteiger partial charge in [0.05, 0.1) is 13.2 Å². The van der Waals surface area contributed by atoms with Gasteiger partial charge in [0.25, 0.3) is 0 Å². The molecule has 0 aromatic heterocycles. The molecule has 2 N–H and O–H groups in total. The highest BCUT2D eigenvalue weighted by Crippen LogP contribution is 2.26. The number of carbonyl (C=O) groups is 1. The van der Waals surface area contributed by atoms with Crippen molar-refractivity contribution in [3.8, 4) is 0 Å². The lowest BCUT2D eigenvalue weighted by Gasteiger charge is -2.37. The van der Waals surface area contributed by atoms with Crippen LogP contribution in [0.3, 0.4) is 0 Å². The van der Waals surface area contributed by atoms with Gasteiger partial charge in [-0.2, -0.15) is 0 Å². The molecule has 0 unspecified atom stereocenters. The Bertz CT molecular complexity index is 452. The third-order valence-corrected chi connectivity index (χ3v) is 3.49. The van der Waals surface area contributed by atoms with E-state index in [1.165, 1.54) is 16.7 Å². The lowest BCUT2D eigenvalue weighted by atomic mass is 9.86. The Morgan fingerprint density at radius 1 is 1.44 bits per heavy atom. The maximum Gasteiger partial charge on any atom is 0.315 e. The number of benzene rings is 1. The first-order valence-electron chi connectivity index (χ1n) is 6.11. The zero-order valence-electron chi connectivity index (χ0n) is 10.8. The number of aliphatic carboxylic acids is 1. The van der Waals surface area contributed by atoms with Crippen molar-refractivity contribution in [2.24, 2.45) is 5.41 Å². The van der Waals surface area contributed by atoms with Crippen LogP contribution < -0.4 is 5.32 Å². The number of hydrogen-bond donors (Lipinski definition) is 2. The molecule has 1 saturated heterocycles. The van der Waals surface area contributed by atoms with Crippen molar-refractivity contribution in [3.05, 3.63) is 34.9 Å². The summed E-state index contributed by atoms with van der Waals surface area (Å²) < 4.78 is 5.02. The molecular formula is C14H19NO3. The number of ether oxygens (including phenoxy) is 1. The summed E-state index contributed by atoms with van der Waals surface area (Å²) in [6, 6.07) is 6.29. The van der Waals surface area contributed by atoms with Gasteiger partial charge < -0.3 is 15.2 Å². The van der Waals surface area contributed by atoms with Crippen molar-refractivity contribution in [2.75, 3.05) is 19.8 Å². The standard InChI is InChI=1S/C14H19NO3/c1-10-3-4-12(11(2)5-10)6-15-7-14(13(16)17)8-18-9-14/h3-5,15H,6-9H2,1-2H3,(H,16,17). The van der Waals surface area contributed by atoms with Crippen LogP contribution in [0, 0.1) is 19.3 Å². The Labute approximate surface area is 107 Å². The van der Waals surface area contributed by atoms with Gasteiger partial charge in [-0.3, -0.25) is 4.79 Å². The van der Waals surface area contributed by atoms with Crippen LogP contribution in [-0.2, 0) is 16.1 Å². The minimum absolute atomic E-state index is 0.308. The number of aryl methyl sites for hydroxylation is 2. The Morgan fingerprint density at radius 3 is 2.67 bits per heavy atom. The molecular weight excluding hydrogens is 230 g/mol. The fourth-order valence-electron chi connectivity index (χ4n) is 2.13. The van der Waals surface area contributed by atoms with Gasteiger partial charge in [0.1, 0.15) is 5.41 Å². The van der Waals surface area contributed by atoms with Gasteiger partial charge in [0, 0.05) is 13.1 Å². The second-order valence-electron chi connectivity index (χ2n) is 5.11. The summed E-state index contributed by atoms with van der Waals surface area (Å²) in [7, 11) is 0. The third-order valence-electron chi connectivity index (χ3n) is 3.49. The summed E-state index contributed by atoms with van der Waals surface area (Å²) in [5.41, 5.74) is 2.96. The number of carboxylic acid groups (broad SMARTS) is 1. The average Bonchev–Trinajstić information content (AvgIpc) is 2.24. The fourth-order valence-corrected chi connectivity index (χ4v) is 2.13. The lowest BCUT2D eigenvalue weighted by Crippen LogP contribution is -2.55. The fraction of sp³-hybridized carbons (Fsp3) is 0.500. The van der Waals surface area contributed by atoms with E-state index in [4.69, 9.17) is 9.84 Å². The van der Waals surface area contributed by atoms with E-state index in [1.807, 2.05) is 0 Å². The Morgan fingerprint density at radius 2 is 2.17 bits per heavy atom. The van der Waals surface area contributed by atoms with Gasteiger partial charge in [0.2, 0.25) is 0 Å². The molecule has 0 aliphatic carbocycles. The van der Waals surface area contributed by atoms with Gasteiger partial charge >= 0.3 is 5.97 Å². The van der Waals surface area contributed by atoms with Gasteiger partial charge in [-0.1, -0.05) is 23.8 Å². The van der Waals surface area contributed by atoms with E-state index < -0.39 is 11.4 Å². The van der Waals surface area contributed by atoms with Crippen LogP contribution >= 0.6 is 0 Å². The summed E-state index contributed by atoms with van der Waals surface area (Å²) in [4.78, 5) is 11.1. The van der Waals surface area contributed by atoms with E-state index in [0.29, 0.717) is 26.3 Å². The predicted molar refractivity (Wildman–Crippen MR) is 68.5 cm³/mol. The number of rotatable bonds is 5. The molecule has 98 valence electrons. The molecule has 0 atom stereocenters. The van der Waals surface area contributed by atoms with Crippen molar-refractivity contribution >= 4 is 5.97 Å². The summed E-state index contributed by atoms with van der Waals surface area (Å²) in [5.74, 6) is -0.776. The van der Waals surface area contributed by atoms with Crippen LogP contribution in [0.4, 0.5) is 0 Å². The molecule has 0 radical (unpaired) electrons. The van der Waals surface area contributed by atoms with Crippen LogP contribution in [-0.4, -0.2) is 30.8 Å². The first-order chi connectivity index (χ1) is 8.53. The van der Waals surface area contributed by atoms with Crippen molar-refractivity contribution in [1.29, 1.82) is 0 Å². The quantitative estimate of drug-likeness (QED) is 0.830. The monoisotopic (exact) mass is 249 g/mol. The summed E-state index contributed by atoms with van der Waals surface area (Å²) in [5, 5.41) is 12.4. The lowest BCUT2D eigenvalue weighted by molar-refractivity contribution is -0.178. The molecule has 0 bridgehead atoms. The second kappa shape index (κ2) is 5.08. The van der Waals surface area contributed by atoms with Crippen molar-refractivity contribution in [1.82, 2.24) is 5.32 Å². The van der Waals surface area contributed by atoms with Gasteiger partial charge in [0.15, 0.2) is 0 Å². The molecule has 1 aliphatic heterocycles. The minimum atomic E-state index is -0.776. The van der Waals surface area contributed by atoms with Gasteiger partial charge in [-0.05, 0) is 25.0 Å². The van der Waals surface area contributed by atoms with Crippen molar-refractivity contribution in [3.63, 3.8) is 0 Å². The van der Waals surface area contributed by atoms with E-state index in [2.05, 4.69) is 37.4 Å². The molecule has 0 saturated carbocycles. The highest BCUT2D eigenvalue weighted by atomic mass is 16.5. The van der Waals surface area contributed by atoms with Gasteiger partial charge in [-0.15, -0.1) is 0 Å². The van der Waals surface area contributed by atoms with Crippen LogP contribution in [0.5, 0.6) is 0 Å². The van der Waals surface area contributed by atoms with Crippen LogP contribution in [0.25, 0.3) is 0 Å². The SMILES string of the molecule is Cc1ccc(CNCC2(C(=O)O)COC2)c(C)c1. The van der Waals surface area contributed by atoms with E-state index >= 15 is 0 Å². The van der Waals surface area contributed by atoms with Gasteiger partial charge in [-0.25, -0.2) is 0 Å². The zero-order chi connectivity index (χ0) is 13.2. The zero-order valence-corrected chi connectivity index (χ0v) is 10.8. The normalized spacial score (nSPS) is 17.2. The molecule has 18 heavy (non-hydrogen) atoms. The Hall–Kier alpha value is -1.39. The maximum absolute atomic E-state index is 11.1. The topological polar surface area (TPSA) is 58.6 Å². The molecule has 1 aromatic rings. The molecule has 4 nitrogen and oxygen atoms in total. The van der Waals surface area contributed by atoms with Crippen LogP contribution in [0.15, 0.2) is 18.2 Å². The molecule has 0 spiro atoms. The number of hydrogen-bond acceptors (Lipinski definition) is 3. The molecule has 1 heterocycles. The predicted octanol–water partition coefficient (Wildman–Crippen LogP) is 1.49. The second-order valence-corrected chi connectivity index (χ2v) is 5.11. The smallest absolute Gasteiger partial charge is 0.315 e. The molecule has 2 rings (SSSR count). The molecule has 1 fully saturated rings. The van der Waals surface area contributed by atoms with Crippen LogP contribution in [0.1, 0.15) is 16.7 Å². The van der Waals surface area contributed by atoms with Crippen molar-refractivity contribution < 1.29 is 14.6 Å². The maximum atomic E-state index is 11.1. The third kappa shape index (κ3) is 2.54. The molecule has 1 aromatic carbocycles. The van der Waals surface area contributed by atoms with E-state index in [0.717, 1.165) is 0 Å². The number of carboxylic acids is 1. The first-order valence-corrected chi connectivity index (χ1v) is 6.11. The highest BCUT2D eigenvalue weighted by molar-refractivity contribution is 5.76. The summed E-state index contributed by atoms with van der Waals surface area (Å²) in [6.07, 6.45) is 0. The largest absolute Gasteiger partial charge is 0.481 e. The van der Waals surface area contributed by atoms with E-state index in [-0.39, 0.29) is 0 Å². The number of nitrogens with one attached hydrogen (secondary N) is 1. The Balaban J connectivity index is 1.90. The van der Waals surface area contributed by atoms with Crippen molar-refractivity contribution in [2.45, 2.75) is 20.4 Å². The average molecular weight is 249 g/mol. The van der Waals surface area contributed by atoms with Crippen LogP contribution in [0.2, 0.25) is 0 Å². The van der Waals surface area contributed by atoms with E-state index in [9.17, 15) is 4.79 Å². The Kier molecular flexibility index (Phi) is 3.68. The van der Waals surface area contributed by atoms with E-state index in [1.54, 1.807) is 0 Å². The summed E-state index contributed by atoms with van der Waals surface area (Å²) >= 11 is 0. The molecule has 1 aliphatic rings. The highest BCUT2D eigenvalue weighted by Gasteiger charge is 2.45.